The first kappa shape index (κ1) is 14.0. The number of hydrogen-bond donors (Lipinski definition) is 0. The van der Waals surface area contributed by atoms with Gasteiger partial charge < -0.3 is 0 Å². The Bertz CT molecular complexity index is 853. The summed E-state index contributed by atoms with van der Waals surface area (Å²) < 4.78 is 0. The van der Waals surface area contributed by atoms with E-state index in [-0.39, 0.29) is 0 Å². The molecule has 0 saturated heterocycles. The topological polar surface area (TPSA) is 25.8 Å². The Labute approximate surface area is 129 Å². The van der Waals surface area contributed by atoms with Gasteiger partial charge in [-0.05, 0) is 62.1 Å². The average Bonchev–Trinajstić information content (AvgIpc) is 2.40. The van der Waals surface area contributed by atoms with E-state index in [1.54, 1.807) is 0 Å². The van der Waals surface area contributed by atoms with Gasteiger partial charge in [-0.3, -0.25) is 0 Å². The molecule has 0 amide bonds. The van der Waals surface area contributed by atoms with Crippen molar-refractivity contribution >= 4 is 22.5 Å². The van der Waals surface area contributed by atoms with Gasteiger partial charge in [0.1, 0.15) is 5.15 Å². The van der Waals surface area contributed by atoms with Crippen LogP contribution in [0.5, 0.6) is 0 Å². The van der Waals surface area contributed by atoms with E-state index in [4.69, 9.17) is 16.6 Å². The number of nitrogens with zero attached hydrogens (tertiary/aromatic N) is 2. The molecule has 0 aliphatic heterocycles. The standard InChI is InChI=1S/C18H17ClN2/c1-10-7-13(4)16-15(8-10)20-18(21-17(16)19)14-6-5-11(2)12(3)9-14/h5-9H,1-4H3. The molecule has 0 aliphatic carbocycles. The first-order valence-corrected chi connectivity index (χ1v) is 7.35. The van der Waals surface area contributed by atoms with E-state index in [2.05, 4.69) is 50.0 Å². The Balaban J connectivity index is 2.27. The number of rotatable bonds is 1. The van der Waals surface area contributed by atoms with Crippen LogP contribution in [0.3, 0.4) is 0 Å². The molecule has 3 aromatic rings. The van der Waals surface area contributed by atoms with E-state index in [1.807, 2.05) is 13.0 Å². The fourth-order valence-corrected chi connectivity index (χ4v) is 2.93. The lowest BCUT2D eigenvalue weighted by atomic mass is 10.0. The average molecular weight is 297 g/mol. The minimum absolute atomic E-state index is 0.519. The first-order valence-electron chi connectivity index (χ1n) is 6.98. The molecule has 0 fully saturated rings. The lowest BCUT2D eigenvalue weighted by molar-refractivity contribution is 1.21. The molecule has 3 heteroatoms. The van der Waals surface area contributed by atoms with Gasteiger partial charge in [-0.2, -0.15) is 0 Å². The molecular weight excluding hydrogens is 280 g/mol. The van der Waals surface area contributed by atoms with Crippen molar-refractivity contribution in [2.24, 2.45) is 0 Å². The van der Waals surface area contributed by atoms with Crippen LogP contribution in [-0.2, 0) is 0 Å². The van der Waals surface area contributed by atoms with Crippen LogP contribution in [0.4, 0.5) is 0 Å². The van der Waals surface area contributed by atoms with Crippen molar-refractivity contribution in [2.45, 2.75) is 27.7 Å². The zero-order valence-corrected chi connectivity index (χ0v) is 13.4. The third kappa shape index (κ3) is 2.52. The van der Waals surface area contributed by atoms with Crippen LogP contribution in [0.1, 0.15) is 22.3 Å². The quantitative estimate of drug-likeness (QED) is 0.578. The minimum Gasteiger partial charge on any atom is -0.228 e. The molecule has 0 bridgehead atoms. The normalized spacial score (nSPS) is 11.1. The summed E-state index contributed by atoms with van der Waals surface area (Å²) in [4.78, 5) is 9.19. The lowest BCUT2D eigenvalue weighted by Crippen LogP contribution is -1.95. The molecule has 0 spiro atoms. The third-order valence-electron chi connectivity index (χ3n) is 3.86. The Morgan fingerprint density at radius 2 is 1.57 bits per heavy atom. The van der Waals surface area contributed by atoms with E-state index in [0.29, 0.717) is 11.0 Å². The van der Waals surface area contributed by atoms with Gasteiger partial charge in [0.05, 0.1) is 5.52 Å². The largest absolute Gasteiger partial charge is 0.228 e. The summed E-state index contributed by atoms with van der Waals surface area (Å²) in [6.07, 6.45) is 0. The molecule has 21 heavy (non-hydrogen) atoms. The molecule has 2 nitrogen and oxygen atoms in total. The zero-order chi connectivity index (χ0) is 15.1. The summed E-state index contributed by atoms with van der Waals surface area (Å²) in [5, 5.41) is 1.46. The number of hydrogen-bond acceptors (Lipinski definition) is 2. The van der Waals surface area contributed by atoms with Gasteiger partial charge >= 0.3 is 0 Å². The van der Waals surface area contributed by atoms with Crippen molar-refractivity contribution in [3.8, 4) is 11.4 Å². The highest BCUT2D eigenvalue weighted by molar-refractivity contribution is 6.34. The second-order valence-electron chi connectivity index (χ2n) is 5.61. The second-order valence-corrected chi connectivity index (χ2v) is 5.97. The number of fused-ring (bicyclic) bond motifs is 1. The Morgan fingerprint density at radius 1 is 0.810 bits per heavy atom. The Hall–Kier alpha value is -1.93. The molecule has 0 N–H and O–H groups in total. The van der Waals surface area contributed by atoms with Crippen molar-refractivity contribution < 1.29 is 0 Å². The van der Waals surface area contributed by atoms with Crippen molar-refractivity contribution in [1.82, 2.24) is 9.97 Å². The van der Waals surface area contributed by atoms with E-state index in [0.717, 1.165) is 22.0 Å². The van der Waals surface area contributed by atoms with Crippen molar-refractivity contribution in [1.29, 1.82) is 0 Å². The maximum Gasteiger partial charge on any atom is 0.161 e. The number of halogens is 1. The second kappa shape index (κ2) is 5.12. The van der Waals surface area contributed by atoms with Gasteiger partial charge in [0, 0.05) is 10.9 Å². The maximum atomic E-state index is 6.39. The van der Waals surface area contributed by atoms with Crippen LogP contribution in [0, 0.1) is 27.7 Å². The molecule has 0 aliphatic rings. The van der Waals surface area contributed by atoms with E-state index < -0.39 is 0 Å². The van der Waals surface area contributed by atoms with Crippen molar-refractivity contribution in [2.75, 3.05) is 0 Å². The summed E-state index contributed by atoms with van der Waals surface area (Å²) in [6, 6.07) is 10.4. The Kier molecular flexibility index (Phi) is 3.42. The van der Waals surface area contributed by atoms with Crippen LogP contribution >= 0.6 is 11.6 Å². The molecule has 0 atom stereocenters. The van der Waals surface area contributed by atoms with Gasteiger partial charge in [0.2, 0.25) is 0 Å². The van der Waals surface area contributed by atoms with Crippen LogP contribution in [0.2, 0.25) is 5.15 Å². The van der Waals surface area contributed by atoms with Gasteiger partial charge in [0.15, 0.2) is 5.82 Å². The fourth-order valence-electron chi connectivity index (χ4n) is 2.60. The van der Waals surface area contributed by atoms with Crippen LogP contribution < -0.4 is 0 Å². The summed E-state index contributed by atoms with van der Waals surface area (Å²) >= 11 is 6.39. The SMILES string of the molecule is Cc1cc(C)c2c(Cl)nc(-c3ccc(C)c(C)c3)nc2c1. The fraction of sp³-hybridized carbons (Fsp3) is 0.222. The third-order valence-corrected chi connectivity index (χ3v) is 4.13. The number of aromatic nitrogens is 2. The minimum atomic E-state index is 0.519. The van der Waals surface area contributed by atoms with E-state index in [1.165, 1.54) is 16.7 Å². The summed E-state index contributed by atoms with van der Waals surface area (Å²) in [7, 11) is 0. The molecule has 0 radical (unpaired) electrons. The molecule has 1 aromatic heterocycles. The molecule has 0 saturated carbocycles. The predicted octanol–water partition coefficient (Wildman–Crippen LogP) is 5.18. The summed E-state index contributed by atoms with van der Waals surface area (Å²) in [5.74, 6) is 0.681. The van der Waals surface area contributed by atoms with E-state index >= 15 is 0 Å². The predicted molar refractivity (Wildman–Crippen MR) is 88.9 cm³/mol. The monoisotopic (exact) mass is 296 g/mol. The molecule has 106 valence electrons. The smallest absolute Gasteiger partial charge is 0.161 e. The van der Waals surface area contributed by atoms with Crippen LogP contribution in [-0.4, -0.2) is 9.97 Å². The van der Waals surface area contributed by atoms with Gasteiger partial charge in [-0.15, -0.1) is 0 Å². The lowest BCUT2D eigenvalue weighted by Gasteiger charge is -2.09. The van der Waals surface area contributed by atoms with Gasteiger partial charge in [-0.25, -0.2) is 9.97 Å². The molecule has 2 aromatic carbocycles. The van der Waals surface area contributed by atoms with Crippen molar-refractivity contribution in [3.05, 3.63) is 57.7 Å². The molecule has 3 rings (SSSR count). The summed E-state index contributed by atoms with van der Waals surface area (Å²) in [6.45, 7) is 8.30. The van der Waals surface area contributed by atoms with Crippen molar-refractivity contribution in [3.63, 3.8) is 0 Å². The highest BCUT2D eigenvalue weighted by Crippen LogP contribution is 2.28. The molecule has 1 heterocycles. The first-order chi connectivity index (χ1) is 9.95. The maximum absolute atomic E-state index is 6.39. The molecule has 0 unspecified atom stereocenters. The summed E-state index contributed by atoms with van der Waals surface area (Å²) in [5.41, 5.74) is 6.69. The number of aryl methyl sites for hydroxylation is 4. The van der Waals surface area contributed by atoms with Gasteiger partial charge in [-0.1, -0.05) is 29.8 Å². The molecular formula is C18H17ClN2. The highest BCUT2D eigenvalue weighted by atomic mass is 35.5. The van der Waals surface area contributed by atoms with E-state index in [9.17, 15) is 0 Å². The van der Waals surface area contributed by atoms with Gasteiger partial charge in [0.25, 0.3) is 0 Å². The zero-order valence-electron chi connectivity index (χ0n) is 12.7. The highest BCUT2D eigenvalue weighted by Gasteiger charge is 2.11. The van der Waals surface area contributed by atoms with Crippen LogP contribution in [0.25, 0.3) is 22.3 Å². The Morgan fingerprint density at radius 3 is 2.29 bits per heavy atom. The number of benzene rings is 2. The van der Waals surface area contributed by atoms with Crippen LogP contribution in [0.15, 0.2) is 30.3 Å².